The Balaban J connectivity index is 2.05. The number of fused-ring (bicyclic) bond motifs is 1. The number of benzene rings is 1. The second-order valence-electron chi connectivity index (χ2n) is 4.13. The van der Waals surface area contributed by atoms with Crippen LogP contribution in [-0.2, 0) is 6.61 Å². The summed E-state index contributed by atoms with van der Waals surface area (Å²) in [5.74, 6) is 1.49. The molecule has 0 aliphatic heterocycles. The minimum absolute atomic E-state index is 0.0272. The summed E-state index contributed by atoms with van der Waals surface area (Å²) in [7, 11) is 1.64. The second kappa shape index (κ2) is 4.64. The number of nitrogens with zero attached hydrogens (tertiary/aromatic N) is 3. The van der Waals surface area contributed by atoms with Gasteiger partial charge in [-0.15, -0.1) is 5.10 Å². The van der Waals surface area contributed by atoms with Crippen LogP contribution in [0.4, 0.5) is 0 Å². The van der Waals surface area contributed by atoms with Crippen molar-refractivity contribution < 1.29 is 9.84 Å². The number of aryl methyl sites for hydroxylation is 1. The van der Waals surface area contributed by atoms with Crippen LogP contribution in [0.25, 0.3) is 16.3 Å². The van der Waals surface area contributed by atoms with Crippen molar-refractivity contribution in [3.05, 3.63) is 34.8 Å². The van der Waals surface area contributed by atoms with E-state index in [9.17, 15) is 5.11 Å². The van der Waals surface area contributed by atoms with E-state index in [1.54, 1.807) is 11.6 Å². The lowest BCUT2D eigenvalue weighted by molar-refractivity contribution is 0.284. The first-order valence-corrected chi connectivity index (χ1v) is 6.65. The summed E-state index contributed by atoms with van der Waals surface area (Å²) in [6.45, 7) is 1.96. The number of aliphatic hydroxyl groups is 1. The monoisotopic (exact) mass is 275 g/mol. The molecule has 6 heteroatoms. The molecule has 1 N–H and O–H groups in total. The predicted molar refractivity (Wildman–Crippen MR) is 73.5 cm³/mol. The Morgan fingerprint density at radius 2 is 2.05 bits per heavy atom. The Morgan fingerprint density at radius 3 is 2.63 bits per heavy atom. The molecule has 0 saturated carbocycles. The highest BCUT2D eigenvalue weighted by Gasteiger charge is 2.13. The van der Waals surface area contributed by atoms with Crippen molar-refractivity contribution in [2.75, 3.05) is 7.11 Å². The van der Waals surface area contributed by atoms with Gasteiger partial charge in [0.05, 0.1) is 24.3 Å². The molecule has 0 fully saturated rings. The fourth-order valence-corrected chi connectivity index (χ4v) is 2.81. The Kier molecular flexibility index (Phi) is 2.96. The molecule has 0 saturated heterocycles. The van der Waals surface area contributed by atoms with Crippen molar-refractivity contribution in [2.45, 2.75) is 13.5 Å². The van der Waals surface area contributed by atoms with Gasteiger partial charge in [-0.05, 0) is 31.2 Å². The molecule has 3 rings (SSSR count). The van der Waals surface area contributed by atoms with Gasteiger partial charge in [-0.3, -0.25) is 0 Å². The van der Waals surface area contributed by atoms with Crippen molar-refractivity contribution in [1.82, 2.24) is 14.6 Å². The normalized spacial score (nSPS) is 11.1. The molecule has 19 heavy (non-hydrogen) atoms. The Bertz CT molecular complexity index is 715. The lowest BCUT2D eigenvalue weighted by Gasteiger charge is -1.99. The van der Waals surface area contributed by atoms with Crippen LogP contribution < -0.4 is 4.74 Å². The summed E-state index contributed by atoms with van der Waals surface area (Å²) in [6.07, 6.45) is 0. The molecule has 0 atom stereocenters. The molecule has 0 bridgehead atoms. The van der Waals surface area contributed by atoms with Gasteiger partial charge in [0.25, 0.3) is 0 Å². The van der Waals surface area contributed by atoms with Crippen molar-refractivity contribution in [2.24, 2.45) is 0 Å². The quantitative estimate of drug-likeness (QED) is 0.796. The third-order valence-corrected chi connectivity index (χ3v) is 4.12. The largest absolute Gasteiger partial charge is 0.497 e. The van der Waals surface area contributed by atoms with E-state index < -0.39 is 0 Å². The summed E-state index contributed by atoms with van der Waals surface area (Å²) in [4.78, 5) is 6.18. The highest BCUT2D eigenvalue weighted by atomic mass is 32.1. The maximum absolute atomic E-state index is 9.21. The van der Waals surface area contributed by atoms with Gasteiger partial charge in [0.15, 0.2) is 5.82 Å². The average molecular weight is 275 g/mol. The molecule has 0 unspecified atom stereocenters. The van der Waals surface area contributed by atoms with E-state index in [1.165, 1.54) is 11.3 Å². The molecule has 0 aliphatic rings. The molecule has 98 valence electrons. The van der Waals surface area contributed by atoms with Gasteiger partial charge in [-0.25, -0.2) is 4.52 Å². The molecule has 5 nitrogen and oxygen atoms in total. The van der Waals surface area contributed by atoms with Gasteiger partial charge in [0.2, 0.25) is 4.96 Å². The summed E-state index contributed by atoms with van der Waals surface area (Å²) in [5, 5.41) is 13.7. The highest BCUT2D eigenvalue weighted by Crippen LogP contribution is 2.25. The standard InChI is InChI=1S/C13H13N3O2S/c1-8-11(7-17)19-13-14-12(15-16(8)13)9-3-5-10(18-2)6-4-9/h3-6,17H,7H2,1-2H3. The van der Waals surface area contributed by atoms with Crippen LogP contribution in [-0.4, -0.2) is 26.8 Å². The van der Waals surface area contributed by atoms with Crippen LogP contribution in [0.1, 0.15) is 10.6 Å². The first-order chi connectivity index (χ1) is 9.22. The fraction of sp³-hybridized carbons (Fsp3) is 0.231. The Hall–Kier alpha value is -1.92. The zero-order valence-corrected chi connectivity index (χ0v) is 11.4. The third-order valence-electron chi connectivity index (χ3n) is 3.01. The summed E-state index contributed by atoms with van der Waals surface area (Å²) >= 11 is 1.46. The van der Waals surface area contributed by atoms with Crippen molar-refractivity contribution in [3.63, 3.8) is 0 Å². The smallest absolute Gasteiger partial charge is 0.213 e. The molecule has 1 aromatic carbocycles. The van der Waals surface area contributed by atoms with Crippen LogP contribution in [0.5, 0.6) is 5.75 Å². The van der Waals surface area contributed by atoms with Crippen LogP contribution in [0.3, 0.4) is 0 Å². The van der Waals surface area contributed by atoms with Gasteiger partial charge >= 0.3 is 0 Å². The molecule has 3 aromatic rings. The number of rotatable bonds is 3. The van der Waals surface area contributed by atoms with Gasteiger partial charge in [-0.1, -0.05) is 11.3 Å². The number of ether oxygens (including phenoxy) is 1. The third kappa shape index (κ3) is 1.98. The molecular formula is C13H13N3O2S. The number of hydrogen-bond acceptors (Lipinski definition) is 5. The number of thiazole rings is 1. The average Bonchev–Trinajstić information content (AvgIpc) is 2.99. The zero-order chi connectivity index (χ0) is 13.4. The molecule has 2 aromatic heterocycles. The van der Waals surface area contributed by atoms with Crippen molar-refractivity contribution in [1.29, 1.82) is 0 Å². The van der Waals surface area contributed by atoms with Crippen molar-refractivity contribution >= 4 is 16.3 Å². The lowest BCUT2D eigenvalue weighted by Crippen LogP contribution is -1.91. The molecule has 0 radical (unpaired) electrons. The van der Waals surface area contributed by atoms with Gasteiger partial charge in [0, 0.05) is 5.56 Å². The van der Waals surface area contributed by atoms with Gasteiger partial charge in [0.1, 0.15) is 5.75 Å². The Morgan fingerprint density at radius 1 is 1.32 bits per heavy atom. The topological polar surface area (TPSA) is 59.7 Å². The number of aromatic nitrogens is 3. The summed E-state index contributed by atoms with van der Waals surface area (Å²) < 4.78 is 6.90. The highest BCUT2D eigenvalue weighted by molar-refractivity contribution is 7.17. The fourth-order valence-electron chi connectivity index (χ4n) is 1.89. The second-order valence-corrected chi connectivity index (χ2v) is 5.19. The SMILES string of the molecule is COc1ccc(-c2nc3sc(CO)c(C)n3n2)cc1. The number of methoxy groups -OCH3 is 1. The molecule has 2 heterocycles. The Labute approximate surface area is 114 Å². The molecular weight excluding hydrogens is 262 g/mol. The number of hydrogen-bond donors (Lipinski definition) is 1. The minimum Gasteiger partial charge on any atom is -0.497 e. The van der Waals surface area contributed by atoms with E-state index >= 15 is 0 Å². The lowest BCUT2D eigenvalue weighted by atomic mass is 10.2. The maximum atomic E-state index is 9.21. The first kappa shape index (κ1) is 12.1. The van der Waals surface area contributed by atoms with E-state index in [1.807, 2.05) is 31.2 Å². The summed E-state index contributed by atoms with van der Waals surface area (Å²) in [5.41, 5.74) is 1.89. The van der Waals surface area contributed by atoms with Crippen LogP contribution in [0, 0.1) is 6.92 Å². The predicted octanol–water partition coefficient (Wildman–Crippen LogP) is 2.27. The van der Waals surface area contributed by atoms with Gasteiger partial charge in [-0.2, -0.15) is 4.98 Å². The number of aliphatic hydroxyl groups excluding tert-OH is 1. The first-order valence-electron chi connectivity index (χ1n) is 5.83. The van der Waals surface area contributed by atoms with E-state index in [0.717, 1.165) is 26.8 Å². The maximum Gasteiger partial charge on any atom is 0.213 e. The van der Waals surface area contributed by atoms with Crippen LogP contribution in [0.15, 0.2) is 24.3 Å². The zero-order valence-electron chi connectivity index (χ0n) is 10.6. The van der Waals surface area contributed by atoms with E-state index in [0.29, 0.717) is 5.82 Å². The van der Waals surface area contributed by atoms with Gasteiger partial charge < -0.3 is 9.84 Å². The van der Waals surface area contributed by atoms with Crippen molar-refractivity contribution in [3.8, 4) is 17.1 Å². The van der Waals surface area contributed by atoms with E-state index in [2.05, 4.69) is 10.1 Å². The molecule has 0 aliphatic carbocycles. The molecule has 0 spiro atoms. The van der Waals surface area contributed by atoms with Crippen LogP contribution in [0.2, 0.25) is 0 Å². The minimum atomic E-state index is 0.0272. The van der Waals surface area contributed by atoms with E-state index in [-0.39, 0.29) is 6.61 Å². The van der Waals surface area contributed by atoms with Crippen LogP contribution >= 0.6 is 11.3 Å². The van der Waals surface area contributed by atoms with E-state index in [4.69, 9.17) is 4.74 Å². The summed E-state index contributed by atoms with van der Waals surface area (Å²) in [6, 6.07) is 7.63. The molecule has 0 amide bonds.